The number of nitrogens with two attached hydrogens (primary N) is 1. The smallest absolute Gasteiger partial charge is 0.338 e. The molecule has 32 heavy (non-hydrogen) atoms. The predicted molar refractivity (Wildman–Crippen MR) is 119 cm³/mol. The van der Waals surface area contributed by atoms with E-state index >= 15 is 0 Å². The van der Waals surface area contributed by atoms with E-state index in [1.807, 2.05) is 17.7 Å². The molecular formula is C20H21N5O5S2. The molecule has 0 fully saturated rings. The molecule has 12 heteroatoms. The van der Waals surface area contributed by atoms with Crippen LogP contribution in [0.15, 0.2) is 58.6 Å². The van der Waals surface area contributed by atoms with Crippen molar-refractivity contribution in [3.05, 3.63) is 59.9 Å². The molecule has 0 bridgehead atoms. The molecule has 3 aromatic rings. The molecule has 3 rings (SSSR count). The Hall–Kier alpha value is -3.22. The van der Waals surface area contributed by atoms with E-state index in [9.17, 15) is 18.0 Å². The van der Waals surface area contributed by atoms with E-state index in [0.29, 0.717) is 11.5 Å². The highest BCUT2D eigenvalue weighted by atomic mass is 32.2. The second-order valence-corrected chi connectivity index (χ2v) is 9.06. The molecule has 0 aliphatic carbocycles. The van der Waals surface area contributed by atoms with Gasteiger partial charge in [-0.2, -0.15) is 0 Å². The number of aromatic nitrogens is 3. The second-order valence-electron chi connectivity index (χ2n) is 6.72. The molecule has 1 aromatic heterocycles. The zero-order valence-corrected chi connectivity index (χ0v) is 19.1. The van der Waals surface area contributed by atoms with Gasteiger partial charge in [0.1, 0.15) is 5.82 Å². The van der Waals surface area contributed by atoms with Gasteiger partial charge < -0.3 is 10.1 Å². The summed E-state index contributed by atoms with van der Waals surface area (Å²) in [7, 11) is -3.83. The van der Waals surface area contributed by atoms with E-state index in [1.165, 1.54) is 43.0 Å². The molecule has 1 amide bonds. The van der Waals surface area contributed by atoms with Gasteiger partial charge in [0.25, 0.3) is 5.91 Å². The van der Waals surface area contributed by atoms with Crippen LogP contribution in [-0.4, -0.2) is 47.4 Å². The number of thioether (sulfide) groups is 1. The molecule has 0 spiro atoms. The minimum Gasteiger partial charge on any atom is -0.449 e. The zero-order chi connectivity index (χ0) is 23.5. The number of nitrogens with zero attached hydrogens (tertiary/aromatic N) is 3. The number of rotatable bonds is 7. The number of hydrogen-bond acceptors (Lipinski definition) is 8. The number of ether oxygens (including phenoxy) is 1. The Morgan fingerprint density at radius 1 is 1.09 bits per heavy atom. The van der Waals surface area contributed by atoms with Crippen LogP contribution in [0.3, 0.4) is 0 Å². The van der Waals surface area contributed by atoms with Gasteiger partial charge >= 0.3 is 5.97 Å². The number of carbonyl (C=O) groups excluding carboxylic acids is 2. The molecule has 1 atom stereocenters. The Morgan fingerprint density at radius 2 is 1.72 bits per heavy atom. The van der Waals surface area contributed by atoms with Crippen LogP contribution in [0.2, 0.25) is 0 Å². The van der Waals surface area contributed by atoms with Crippen molar-refractivity contribution in [1.82, 2.24) is 14.8 Å². The van der Waals surface area contributed by atoms with Crippen LogP contribution in [0.4, 0.5) is 5.69 Å². The van der Waals surface area contributed by atoms with Crippen LogP contribution in [0.1, 0.15) is 23.1 Å². The molecule has 0 aliphatic heterocycles. The summed E-state index contributed by atoms with van der Waals surface area (Å²) < 4.78 is 29.7. The molecule has 3 N–H and O–H groups in total. The van der Waals surface area contributed by atoms with Crippen molar-refractivity contribution in [2.75, 3.05) is 11.6 Å². The average molecular weight is 476 g/mol. The van der Waals surface area contributed by atoms with Crippen LogP contribution in [-0.2, 0) is 19.6 Å². The van der Waals surface area contributed by atoms with Crippen molar-refractivity contribution >= 4 is 39.3 Å². The summed E-state index contributed by atoms with van der Waals surface area (Å²) in [5.74, 6) is -0.510. The number of anilines is 1. The van der Waals surface area contributed by atoms with E-state index in [4.69, 9.17) is 9.88 Å². The topological polar surface area (TPSA) is 146 Å². The van der Waals surface area contributed by atoms with Gasteiger partial charge in [-0.3, -0.25) is 9.36 Å². The van der Waals surface area contributed by atoms with Crippen LogP contribution in [0.5, 0.6) is 0 Å². The first-order valence-corrected chi connectivity index (χ1v) is 12.1. The van der Waals surface area contributed by atoms with Crippen molar-refractivity contribution < 1.29 is 22.7 Å². The molecule has 0 aliphatic rings. The summed E-state index contributed by atoms with van der Waals surface area (Å²) in [4.78, 5) is 24.7. The monoisotopic (exact) mass is 475 g/mol. The second kappa shape index (κ2) is 9.51. The Bertz CT molecular complexity index is 1240. The van der Waals surface area contributed by atoms with E-state index in [0.717, 1.165) is 10.8 Å². The third-order valence-corrected chi connectivity index (χ3v) is 6.00. The number of benzene rings is 2. The molecule has 2 aromatic carbocycles. The maximum Gasteiger partial charge on any atom is 0.338 e. The summed E-state index contributed by atoms with van der Waals surface area (Å²) in [5, 5.41) is 16.5. The first kappa shape index (κ1) is 23.4. The lowest BCUT2D eigenvalue weighted by Crippen LogP contribution is -2.30. The van der Waals surface area contributed by atoms with Crippen molar-refractivity contribution in [1.29, 1.82) is 0 Å². The maximum atomic E-state index is 12.4. The van der Waals surface area contributed by atoms with E-state index in [-0.39, 0.29) is 10.5 Å². The number of amides is 1. The Balaban J connectivity index is 1.63. The summed E-state index contributed by atoms with van der Waals surface area (Å²) in [6.07, 6.45) is 0.815. The number of nitrogens with one attached hydrogen (secondary N) is 1. The Morgan fingerprint density at radius 3 is 2.28 bits per heavy atom. The van der Waals surface area contributed by atoms with Gasteiger partial charge in [0, 0.05) is 11.4 Å². The molecule has 1 unspecified atom stereocenters. The fraction of sp³-hybridized carbons (Fsp3) is 0.200. The first-order chi connectivity index (χ1) is 15.1. The Labute approximate surface area is 189 Å². The highest BCUT2D eigenvalue weighted by molar-refractivity contribution is 7.98. The van der Waals surface area contributed by atoms with E-state index in [1.54, 1.807) is 24.3 Å². The van der Waals surface area contributed by atoms with Crippen LogP contribution < -0.4 is 10.5 Å². The predicted octanol–water partition coefficient (Wildman–Crippen LogP) is 2.13. The third-order valence-electron chi connectivity index (χ3n) is 4.44. The minimum absolute atomic E-state index is 0.0789. The van der Waals surface area contributed by atoms with Gasteiger partial charge in [-0.05, 0) is 68.6 Å². The summed E-state index contributed by atoms with van der Waals surface area (Å²) in [6, 6.07) is 12.0. The number of carbonyl (C=O) groups is 2. The quantitative estimate of drug-likeness (QED) is 0.390. The average Bonchev–Trinajstić information content (AvgIpc) is 3.14. The fourth-order valence-electron chi connectivity index (χ4n) is 2.77. The number of sulfonamides is 1. The van der Waals surface area contributed by atoms with E-state index in [2.05, 4.69) is 15.5 Å². The fourth-order valence-corrected chi connectivity index (χ4v) is 3.83. The van der Waals surface area contributed by atoms with Gasteiger partial charge in [0.05, 0.1) is 10.5 Å². The molecule has 0 saturated heterocycles. The normalized spacial score (nSPS) is 12.2. The van der Waals surface area contributed by atoms with Gasteiger partial charge in [-0.1, -0.05) is 11.8 Å². The van der Waals surface area contributed by atoms with Crippen LogP contribution in [0.25, 0.3) is 5.69 Å². The molecule has 0 saturated carbocycles. The number of primary sulfonamides is 1. The lowest BCUT2D eigenvalue weighted by molar-refractivity contribution is -0.123. The summed E-state index contributed by atoms with van der Waals surface area (Å²) >= 11 is 1.45. The van der Waals surface area contributed by atoms with Gasteiger partial charge in [0.2, 0.25) is 10.0 Å². The standard InChI is InChI=1S/C20H21N5O5S2/c1-12(18(26)22-15-6-10-17(11-7-15)32(21,28)29)30-19(27)14-4-8-16(9-5-14)25-13(2)23-24-20(25)31-3/h4-12H,1-3H3,(H,22,26)(H2,21,28,29). The summed E-state index contributed by atoms with van der Waals surface area (Å²) in [6.45, 7) is 3.27. The van der Waals surface area contributed by atoms with Crippen molar-refractivity contribution in [3.63, 3.8) is 0 Å². The molecule has 168 valence electrons. The third kappa shape index (κ3) is 5.33. The lowest BCUT2D eigenvalue weighted by Gasteiger charge is -2.14. The number of aryl methyl sites for hydroxylation is 1. The van der Waals surface area contributed by atoms with Gasteiger partial charge in [0.15, 0.2) is 11.3 Å². The minimum atomic E-state index is -3.83. The van der Waals surface area contributed by atoms with Gasteiger partial charge in [-0.25, -0.2) is 18.4 Å². The van der Waals surface area contributed by atoms with Crippen LogP contribution in [0, 0.1) is 6.92 Å². The maximum absolute atomic E-state index is 12.4. The van der Waals surface area contributed by atoms with Crippen LogP contribution >= 0.6 is 11.8 Å². The Kier molecular flexibility index (Phi) is 6.96. The summed E-state index contributed by atoms with van der Waals surface area (Å²) in [5.41, 5.74) is 1.41. The molecular weight excluding hydrogens is 454 g/mol. The van der Waals surface area contributed by atoms with Gasteiger partial charge in [-0.15, -0.1) is 10.2 Å². The van der Waals surface area contributed by atoms with Crippen molar-refractivity contribution in [2.24, 2.45) is 5.14 Å². The highest BCUT2D eigenvalue weighted by Gasteiger charge is 2.20. The first-order valence-electron chi connectivity index (χ1n) is 9.31. The lowest BCUT2D eigenvalue weighted by atomic mass is 10.2. The highest BCUT2D eigenvalue weighted by Crippen LogP contribution is 2.20. The SMILES string of the molecule is CSc1nnc(C)n1-c1ccc(C(=O)OC(C)C(=O)Nc2ccc(S(N)(=O)=O)cc2)cc1. The molecule has 1 heterocycles. The van der Waals surface area contributed by atoms with E-state index < -0.39 is 28.0 Å². The van der Waals surface area contributed by atoms with Crippen molar-refractivity contribution in [2.45, 2.75) is 30.0 Å². The molecule has 10 nitrogen and oxygen atoms in total. The van der Waals surface area contributed by atoms with Crippen molar-refractivity contribution in [3.8, 4) is 5.69 Å². The largest absolute Gasteiger partial charge is 0.449 e. The molecule has 0 radical (unpaired) electrons. The number of esters is 1. The zero-order valence-electron chi connectivity index (χ0n) is 17.5. The number of hydrogen-bond donors (Lipinski definition) is 2.